The standard InChI is InChI=1S/C13H28O3.C7H14O2/c1-5-6-7-8-9-10-11-12-13(14-2,15-3)16-4;1-2-3-4-8-5-7-6-9-7/h5-12H2,1-4H3;7H,2-6H2,1H3. The summed E-state index contributed by atoms with van der Waals surface area (Å²) in [5.74, 6) is -0.830. The molecule has 0 aromatic rings. The molecule has 0 aromatic heterocycles. The molecule has 152 valence electrons. The van der Waals surface area contributed by atoms with Crippen molar-refractivity contribution >= 4 is 0 Å². The first kappa shape index (κ1) is 24.8. The van der Waals surface area contributed by atoms with E-state index < -0.39 is 5.97 Å². The summed E-state index contributed by atoms with van der Waals surface area (Å²) >= 11 is 0. The molecule has 0 saturated carbocycles. The Bertz CT molecular complexity index is 257. The fourth-order valence-electron chi connectivity index (χ4n) is 2.48. The predicted octanol–water partition coefficient (Wildman–Crippen LogP) is 4.92. The quantitative estimate of drug-likeness (QED) is 0.221. The van der Waals surface area contributed by atoms with E-state index in [-0.39, 0.29) is 0 Å². The lowest BCUT2D eigenvalue weighted by atomic mass is 10.1. The number of unbranched alkanes of at least 4 members (excludes halogenated alkanes) is 7. The Morgan fingerprint density at radius 3 is 1.80 bits per heavy atom. The van der Waals surface area contributed by atoms with Gasteiger partial charge in [-0.2, -0.15) is 0 Å². The third kappa shape index (κ3) is 14.6. The van der Waals surface area contributed by atoms with Gasteiger partial charge in [-0.3, -0.25) is 0 Å². The van der Waals surface area contributed by atoms with E-state index in [1.807, 2.05) is 0 Å². The topological polar surface area (TPSA) is 49.5 Å². The van der Waals surface area contributed by atoms with Crippen LogP contribution >= 0.6 is 0 Å². The van der Waals surface area contributed by atoms with Crippen molar-refractivity contribution in [3.05, 3.63) is 0 Å². The maximum atomic E-state index is 5.27. The zero-order valence-corrected chi connectivity index (χ0v) is 17.3. The molecule has 0 aromatic carbocycles. The predicted molar refractivity (Wildman–Crippen MR) is 102 cm³/mol. The monoisotopic (exact) mass is 362 g/mol. The molecule has 1 atom stereocenters. The molecule has 0 bridgehead atoms. The largest absolute Gasteiger partial charge is 0.379 e. The van der Waals surface area contributed by atoms with Gasteiger partial charge in [0, 0.05) is 34.4 Å². The minimum absolute atomic E-state index is 0.432. The molecule has 5 heteroatoms. The van der Waals surface area contributed by atoms with Gasteiger partial charge in [0.1, 0.15) is 6.10 Å². The van der Waals surface area contributed by atoms with E-state index in [4.69, 9.17) is 23.7 Å². The second-order valence-corrected chi connectivity index (χ2v) is 6.55. The summed E-state index contributed by atoms with van der Waals surface area (Å²) in [6.07, 6.45) is 12.6. The summed E-state index contributed by atoms with van der Waals surface area (Å²) in [5, 5.41) is 0. The van der Waals surface area contributed by atoms with Gasteiger partial charge in [0.25, 0.3) is 5.97 Å². The maximum Gasteiger partial charge on any atom is 0.282 e. The summed E-state index contributed by atoms with van der Waals surface area (Å²) < 4.78 is 25.9. The summed E-state index contributed by atoms with van der Waals surface area (Å²) in [6.45, 7) is 7.02. The molecular weight excluding hydrogens is 320 g/mol. The van der Waals surface area contributed by atoms with Crippen molar-refractivity contribution in [3.63, 3.8) is 0 Å². The molecular formula is C20H42O5. The number of rotatable bonds is 16. The zero-order valence-electron chi connectivity index (χ0n) is 17.3. The molecule has 0 spiro atoms. The molecule has 5 nitrogen and oxygen atoms in total. The highest BCUT2D eigenvalue weighted by atomic mass is 16.9. The number of hydrogen-bond acceptors (Lipinski definition) is 5. The van der Waals surface area contributed by atoms with Crippen molar-refractivity contribution in [2.24, 2.45) is 0 Å². The van der Waals surface area contributed by atoms with E-state index in [9.17, 15) is 0 Å². The SMILES string of the molecule is CCCCCCCCCC(OC)(OC)OC.CCCCOCC1CO1. The average Bonchev–Trinajstić information content (AvgIpc) is 3.47. The van der Waals surface area contributed by atoms with Crippen molar-refractivity contribution < 1.29 is 23.7 Å². The lowest BCUT2D eigenvalue weighted by molar-refractivity contribution is -0.355. The summed E-state index contributed by atoms with van der Waals surface area (Å²) in [6, 6.07) is 0. The molecule has 1 heterocycles. The first-order valence-corrected chi connectivity index (χ1v) is 10.0. The molecule has 25 heavy (non-hydrogen) atoms. The van der Waals surface area contributed by atoms with Crippen LogP contribution in [0.5, 0.6) is 0 Å². The minimum Gasteiger partial charge on any atom is -0.379 e. The van der Waals surface area contributed by atoms with Gasteiger partial charge < -0.3 is 23.7 Å². The fraction of sp³-hybridized carbons (Fsp3) is 1.00. The summed E-state index contributed by atoms with van der Waals surface area (Å²) in [4.78, 5) is 0. The Morgan fingerprint density at radius 2 is 1.32 bits per heavy atom. The smallest absolute Gasteiger partial charge is 0.282 e. The third-order valence-electron chi connectivity index (χ3n) is 4.37. The van der Waals surface area contributed by atoms with Crippen LogP contribution in [-0.4, -0.2) is 53.2 Å². The van der Waals surface area contributed by atoms with Gasteiger partial charge in [-0.1, -0.05) is 58.8 Å². The van der Waals surface area contributed by atoms with E-state index in [1.165, 1.54) is 51.4 Å². The molecule has 0 aliphatic carbocycles. The molecule has 1 fully saturated rings. The molecule has 1 unspecified atom stereocenters. The zero-order chi connectivity index (χ0) is 18.8. The van der Waals surface area contributed by atoms with Crippen molar-refractivity contribution in [3.8, 4) is 0 Å². The maximum absolute atomic E-state index is 5.27. The summed E-state index contributed by atoms with van der Waals surface area (Å²) in [7, 11) is 4.86. The van der Waals surface area contributed by atoms with Crippen molar-refractivity contribution in [2.45, 2.75) is 90.1 Å². The molecule has 1 aliphatic rings. The fourth-order valence-corrected chi connectivity index (χ4v) is 2.48. The van der Waals surface area contributed by atoms with E-state index >= 15 is 0 Å². The van der Waals surface area contributed by atoms with Gasteiger partial charge >= 0.3 is 0 Å². The molecule has 1 saturated heterocycles. The van der Waals surface area contributed by atoms with Crippen LogP contribution in [0.3, 0.4) is 0 Å². The van der Waals surface area contributed by atoms with Crippen molar-refractivity contribution in [1.82, 2.24) is 0 Å². The normalized spacial score (nSPS) is 16.4. The molecule has 1 aliphatic heterocycles. The van der Waals surface area contributed by atoms with Crippen LogP contribution in [0.15, 0.2) is 0 Å². The lowest BCUT2D eigenvalue weighted by Gasteiger charge is -2.28. The molecule has 1 rings (SSSR count). The highest BCUT2D eigenvalue weighted by Gasteiger charge is 2.28. The Hall–Kier alpha value is -0.200. The second kappa shape index (κ2) is 17.2. The Kier molecular flexibility index (Phi) is 17.1. The van der Waals surface area contributed by atoms with Crippen LogP contribution in [0.2, 0.25) is 0 Å². The number of methoxy groups -OCH3 is 3. The van der Waals surface area contributed by atoms with E-state index in [0.29, 0.717) is 6.10 Å². The third-order valence-corrected chi connectivity index (χ3v) is 4.37. The average molecular weight is 363 g/mol. The first-order chi connectivity index (χ1) is 12.2. The second-order valence-electron chi connectivity index (χ2n) is 6.55. The molecule has 0 radical (unpaired) electrons. The number of epoxide rings is 1. The van der Waals surface area contributed by atoms with E-state index in [0.717, 1.165) is 32.7 Å². The number of ether oxygens (including phenoxy) is 5. The Labute approximate surface area is 155 Å². The van der Waals surface area contributed by atoms with E-state index in [2.05, 4.69) is 13.8 Å². The first-order valence-electron chi connectivity index (χ1n) is 10.0. The van der Waals surface area contributed by atoms with Gasteiger partial charge in [0.15, 0.2) is 0 Å². The molecule has 0 amide bonds. The lowest BCUT2D eigenvalue weighted by Crippen LogP contribution is -2.35. The van der Waals surface area contributed by atoms with Crippen LogP contribution < -0.4 is 0 Å². The highest BCUT2D eigenvalue weighted by Crippen LogP contribution is 2.21. The highest BCUT2D eigenvalue weighted by molar-refractivity contribution is 4.66. The number of hydrogen-bond donors (Lipinski definition) is 0. The van der Waals surface area contributed by atoms with E-state index in [1.54, 1.807) is 21.3 Å². The Morgan fingerprint density at radius 1 is 0.800 bits per heavy atom. The van der Waals surface area contributed by atoms with Crippen LogP contribution in [0.25, 0.3) is 0 Å². The van der Waals surface area contributed by atoms with Crippen molar-refractivity contribution in [2.75, 3.05) is 41.2 Å². The molecule has 0 N–H and O–H groups in total. The van der Waals surface area contributed by atoms with Crippen LogP contribution in [0, 0.1) is 0 Å². The minimum atomic E-state index is -0.830. The van der Waals surface area contributed by atoms with Gasteiger partial charge in [-0.15, -0.1) is 0 Å². The van der Waals surface area contributed by atoms with Gasteiger partial charge in [0.2, 0.25) is 0 Å². The van der Waals surface area contributed by atoms with Crippen LogP contribution in [0.4, 0.5) is 0 Å². The van der Waals surface area contributed by atoms with Crippen LogP contribution in [0.1, 0.15) is 78.1 Å². The van der Waals surface area contributed by atoms with Crippen LogP contribution in [-0.2, 0) is 23.7 Å². The van der Waals surface area contributed by atoms with Crippen molar-refractivity contribution in [1.29, 1.82) is 0 Å². The van der Waals surface area contributed by atoms with Gasteiger partial charge in [0.05, 0.1) is 13.2 Å². The van der Waals surface area contributed by atoms with Gasteiger partial charge in [-0.05, 0) is 12.8 Å². The summed E-state index contributed by atoms with van der Waals surface area (Å²) in [5.41, 5.74) is 0. The van der Waals surface area contributed by atoms with Gasteiger partial charge in [-0.25, -0.2) is 0 Å². The Balaban J connectivity index is 0.000000535.